The number of hydrogen-bond acceptors (Lipinski definition) is 2. The summed E-state index contributed by atoms with van der Waals surface area (Å²) in [5, 5.41) is 2.02. The first-order chi connectivity index (χ1) is 9.17. The van der Waals surface area contributed by atoms with Crippen molar-refractivity contribution < 1.29 is 4.79 Å². The lowest BCUT2D eigenvalue weighted by Crippen LogP contribution is -2.31. The van der Waals surface area contributed by atoms with Crippen molar-refractivity contribution in [3.63, 3.8) is 0 Å². The summed E-state index contributed by atoms with van der Waals surface area (Å²) >= 11 is 0. The fraction of sp³-hybridized carbons (Fsp3) is 0.188. The van der Waals surface area contributed by atoms with Gasteiger partial charge in [-0.1, -0.05) is 30.2 Å². The van der Waals surface area contributed by atoms with Crippen LogP contribution in [0.15, 0.2) is 36.4 Å². The third kappa shape index (κ3) is 2.53. The Hall–Kier alpha value is -2.47. The monoisotopic (exact) mass is 252 g/mol. The summed E-state index contributed by atoms with van der Waals surface area (Å²) in [4.78, 5) is 14.0. The number of carbonyl (C=O) groups excluding carboxylic acids is 1. The van der Waals surface area contributed by atoms with Crippen LogP contribution in [0.25, 0.3) is 10.8 Å². The minimum absolute atomic E-state index is 0.122. The quantitative estimate of drug-likeness (QED) is 0.674. The number of nitrogen functional groups attached to an aromatic ring is 1. The molecule has 19 heavy (non-hydrogen) atoms. The van der Waals surface area contributed by atoms with Gasteiger partial charge in [0.25, 0.3) is 5.91 Å². The lowest BCUT2D eigenvalue weighted by molar-refractivity contribution is 0.0786. The molecule has 0 bridgehead atoms. The van der Waals surface area contributed by atoms with E-state index in [1.807, 2.05) is 43.3 Å². The highest BCUT2D eigenvalue weighted by molar-refractivity contribution is 6.04. The Morgan fingerprint density at radius 1 is 1.32 bits per heavy atom. The predicted octanol–water partition coefficient (Wildman–Crippen LogP) is 2.52. The summed E-state index contributed by atoms with van der Waals surface area (Å²) in [6.07, 6.45) is 5.27. The van der Waals surface area contributed by atoms with Gasteiger partial charge in [-0.2, -0.15) is 0 Å². The molecule has 1 amide bonds. The molecular weight excluding hydrogens is 236 g/mol. The number of nitrogens with zero attached hydrogens (tertiary/aromatic N) is 1. The second-order valence-corrected chi connectivity index (χ2v) is 4.31. The number of terminal acetylenes is 1. The average molecular weight is 252 g/mol. The van der Waals surface area contributed by atoms with Gasteiger partial charge in [0.05, 0.1) is 12.1 Å². The largest absolute Gasteiger partial charge is 0.398 e. The molecule has 2 rings (SSSR count). The van der Waals surface area contributed by atoms with Crippen LogP contribution in [0, 0.1) is 12.3 Å². The summed E-state index contributed by atoms with van der Waals surface area (Å²) in [5.41, 5.74) is 6.97. The molecule has 96 valence electrons. The zero-order valence-corrected chi connectivity index (χ0v) is 10.9. The number of hydrogen-bond donors (Lipinski definition) is 1. The molecule has 0 unspecified atom stereocenters. The van der Waals surface area contributed by atoms with E-state index in [1.165, 1.54) is 0 Å². The van der Waals surface area contributed by atoms with Crippen molar-refractivity contribution >= 4 is 22.4 Å². The highest BCUT2D eigenvalue weighted by atomic mass is 16.2. The van der Waals surface area contributed by atoms with E-state index in [2.05, 4.69) is 5.92 Å². The van der Waals surface area contributed by atoms with Crippen molar-refractivity contribution in [3.05, 3.63) is 42.0 Å². The molecule has 0 saturated heterocycles. The Morgan fingerprint density at radius 3 is 2.53 bits per heavy atom. The van der Waals surface area contributed by atoms with Gasteiger partial charge < -0.3 is 10.6 Å². The molecule has 0 aliphatic heterocycles. The summed E-state index contributed by atoms with van der Waals surface area (Å²) in [7, 11) is 0. The van der Waals surface area contributed by atoms with Crippen LogP contribution in [-0.4, -0.2) is 23.9 Å². The SMILES string of the molecule is C#CCN(CC)C(=O)c1cc2ccccc2cc1N. The van der Waals surface area contributed by atoms with Gasteiger partial charge in [-0.15, -0.1) is 6.42 Å². The van der Waals surface area contributed by atoms with Gasteiger partial charge >= 0.3 is 0 Å². The molecule has 0 fully saturated rings. The molecular formula is C16H16N2O. The van der Waals surface area contributed by atoms with E-state index in [9.17, 15) is 4.79 Å². The maximum absolute atomic E-state index is 12.4. The lowest BCUT2D eigenvalue weighted by Gasteiger charge is -2.19. The molecule has 3 nitrogen and oxygen atoms in total. The van der Waals surface area contributed by atoms with Gasteiger partial charge in [-0.05, 0) is 29.8 Å². The van der Waals surface area contributed by atoms with Crippen molar-refractivity contribution in [1.29, 1.82) is 0 Å². The number of anilines is 1. The minimum Gasteiger partial charge on any atom is -0.398 e. The first kappa shape index (κ1) is 13.0. The fourth-order valence-electron chi connectivity index (χ4n) is 2.05. The Labute approximate surface area is 113 Å². The van der Waals surface area contributed by atoms with Crippen LogP contribution in [-0.2, 0) is 0 Å². The third-order valence-electron chi connectivity index (χ3n) is 3.10. The normalized spacial score (nSPS) is 10.1. The van der Waals surface area contributed by atoms with Gasteiger partial charge in [0.2, 0.25) is 0 Å². The van der Waals surface area contributed by atoms with Crippen LogP contribution < -0.4 is 5.73 Å². The number of carbonyl (C=O) groups is 1. The highest BCUT2D eigenvalue weighted by Crippen LogP contribution is 2.23. The van der Waals surface area contributed by atoms with E-state index in [1.54, 1.807) is 4.90 Å². The molecule has 0 aromatic heterocycles. The van der Waals surface area contributed by atoms with Gasteiger partial charge in [-0.3, -0.25) is 4.79 Å². The van der Waals surface area contributed by atoms with E-state index < -0.39 is 0 Å². The summed E-state index contributed by atoms with van der Waals surface area (Å²) in [5.74, 6) is 2.37. The smallest absolute Gasteiger partial charge is 0.256 e. The van der Waals surface area contributed by atoms with Gasteiger partial charge in [0.15, 0.2) is 0 Å². The molecule has 0 radical (unpaired) electrons. The van der Waals surface area contributed by atoms with Gasteiger partial charge in [0.1, 0.15) is 0 Å². The molecule has 3 heteroatoms. The lowest BCUT2D eigenvalue weighted by atomic mass is 10.0. The molecule has 0 saturated carbocycles. The molecule has 2 N–H and O–H groups in total. The predicted molar refractivity (Wildman–Crippen MR) is 78.8 cm³/mol. The van der Waals surface area contributed by atoms with Crippen molar-refractivity contribution in [1.82, 2.24) is 4.90 Å². The third-order valence-corrected chi connectivity index (χ3v) is 3.10. The summed E-state index contributed by atoms with van der Waals surface area (Å²) in [6.45, 7) is 2.75. The second-order valence-electron chi connectivity index (χ2n) is 4.31. The topological polar surface area (TPSA) is 46.3 Å². The van der Waals surface area contributed by atoms with E-state index >= 15 is 0 Å². The molecule has 0 atom stereocenters. The van der Waals surface area contributed by atoms with E-state index in [0.29, 0.717) is 24.3 Å². The number of rotatable bonds is 3. The summed E-state index contributed by atoms with van der Waals surface area (Å²) < 4.78 is 0. The zero-order chi connectivity index (χ0) is 13.8. The van der Waals surface area contributed by atoms with Crippen LogP contribution >= 0.6 is 0 Å². The molecule has 0 aliphatic rings. The molecule has 2 aromatic carbocycles. The first-order valence-electron chi connectivity index (χ1n) is 6.18. The first-order valence-corrected chi connectivity index (χ1v) is 6.18. The molecule has 0 spiro atoms. The Bertz CT molecular complexity index is 655. The van der Waals surface area contributed by atoms with Crippen molar-refractivity contribution in [2.45, 2.75) is 6.92 Å². The van der Waals surface area contributed by atoms with Crippen molar-refractivity contribution in [2.24, 2.45) is 0 Å². The standard InChI is InChI=1S/C16H16N2O/c1-3-9-18(4-2)16(19)14-10-12-7-5-6-8-13(12)11-15(14)17/h1,5-8,10-11H,4,9,17H2,2H3. The molecule has 0 heterocycles. The van der Waals surface area contributed by atoms with Gasteiger partial charge in [0, 0.05) is 12.2 Å². The van der Waals surface area contributed by atoms with E-state index in [4.69, 9.17) is 12.2 Å². The average Bonchev–Trinajstić information content (AvgIpc) is 2.43. The number of amides is 1. The second kappa shape index (κ2) is 5.45. The zero-order valence-electron chi connectivity index (χ0n) is 10.9. The number of benzene rings is 2. The van der Waals surface area contributed by atoms with Crippen LogP contribution in [0.5, 0.6) is 0 Å². The summed E-state index contributed by atoms with van der Waals surface area (Å²) in [6, 6.07) is 11.5. The van der Waals surface area contributed by atoms with Crippen molar-refractivity contribution in [2.75, 3.05) is 18.8 Å². The Kier molecular flexibility index (Phi) is 3.72. The molecule has 2 aromatic rings. The van der Waals surface area contributed by atoms with E-state index in [0.717, 1.165) is 10.8 Å². The Balaban J connectivity index is 2.47. The number of fused-ring (bicyclic) bond motifs is 1. The maximum atomic E-state index is 12.4. The highest BCUT2D eigenvalue weighted by Gasteiger charge is 2.16. The van der Waals surface area contributed by atoms with Crippen LogP contribution in [0.3, 0.4) is 0 Å². The molecule has 0 aliphatic carbocycles. The van der Waals surface area contributed by atoms with Crippen LogP contribution in [0.2, 0.25) is 0 Å². The fourth-order valence-corrected chi connectivity index (χ4v) is 2.05. The van der Waals surface area contributed by atoms with Crippen LogP contribution in [0.1, 0.15) is 17.3 Å². The number of nitrogens with two attached hydrogens (primary N) is 1. The van der Waals surface area contributed by atoms with Crippen molar-refractivity contribution in [3.8, 4) is 12.3 Å². The minimum atomic E-state index is -0.122. The van der Waals surface area contributed by atoms with E-state index in [-0.39, 0.29) is 5.91 Å². The maximum Gasteiger partial charge on any atom is 0.256 e. The van der Waals surface area contributed by atoms with Crippen LogP contribution in [0.4, 0.5) is 5.69 Å². The van der Waals surface area contributed by atoms with Gasteiger partial charge in [-0.25, -0.2) is 0 Å². The Morgan fingerprint density at radius 2 is 1.95 bits per heavy atom.